The zero-order valence-electron chi connectivity index (χ0n) is 11.2. The molecule has 2 unspecified atom stereocenters. The molecule has 0 spiro atoms. The molecule has 0 saturated heterocycles. The number of aryl methyl sites for hydroxylation is 2. The van der Waals surface area contributed by atoms with E-state index in [9.17, 15) is 0 Å². The first-order chi connectivity index (χ1) is 8.13. The Bertz CT molecular complexity index is 350. The molecule has 0 amide bonds. The van der Waals surface area contributed by atoms with Crippen LogP contribution in [0, 0.1) is 19.8 Å². The average Bonchev–Trinajstić information content (AvgIpc) is 2.41. The maximum atomic E-state index is 6.14. The largest absolute Gasteiger partial charge is 0.328 e. The van der Waals surface area contributed by atoms with Crippen LogP contribution in [0.3, 0.4) is 0 Å². The molecule has 1 fully saturated rings. The van der Waals surface area contributed by atoms with E-state index in [-0.39, 0.29) is 0 Å². The molecule has 0 radical (unpaired) electrons. The molecule has 0 bridgehead atoms. The molecule has 17 heavy (non-hydrogen) atoms. The first-order valence-corrected chi connectivity index (χ1v) is 6.96. The fourth-order valence-electron chi connectivity index (χ4n) is 3.21. The molecule has 94 valence electrons. The third kappa shape index (κ3) is 3.85. The lowest BCUT2D eigenvalue weighted by Gasteiger charge is -2.17. The summed E-state index contributed by atoms with van der Waals surface area (Å²) in [6.07, 6.45) is 7.71. The Morgan fingerprint density at radius 2 is 1.71 bits per heavy atom. The van der Waals surface area contributed by atoms with Gasteiger partial charge in [0.15, 0.2) is 0 Å². The molecule has 2 rings (SSSR count). The van der Waals surface area contributed by atoms with Gasteiger partial charge >= 0.3 is 0 Å². The van der Waals surface area contributed by atoms with Crippen molar-refractivity contribution in [1.29, 1.82) is 0 Å². The Labute approximate surface area is 105 Å². The number of benzene rings is 1. The summed E-state index contributed by atoms with van der Waals surface area (Å²) in [6, 6.07) is 7.36. The summed E-state index contributed by atoms with van der Waals surface area (Å²) in [5, 5.41) is 0. The molecule has 1 nitrogen and oxygen atoms in total. The molecular weight excluding hydrogens is 206 g/mol. The highest BCUT2D eigenvalue weighted by Gasteiger charge is 2.17. The lowest BCUT2D eigenvalue weighted by atomic mass is 9.90. The molecule has 0 heterocycles. The van der Waals surface area contributed by atoms with Gasteiger partial charge in [0.2, 0.25) is 0 Å². The highest BCUT2D eigenvalue weighted by Crippen LogP contribution is 2.26. The first kappa shape index (κ1) is 12.6. The quantitative estimate of drug-likeness (QED) is 0.771. The van der Waals surface area contributed by atoms with Crippen LogP contribution in [0.25, 0.3) is 0 Å². The van der Waals surface area contributed by atoms with Crippen LogP contribution in [0.5, 0.6) is 0 Å². The highest BCUT2D eigenvalue weighted by molar-refractivity contribution is 5.28. The van der Waals surface area contributed by atoms with Gasteiger partial charge in [0, 0.05) is 6.04 Å². The summed E-state index contributed by atoms with van der Waals surface area (Å²) >= 11 is 0. The van der Waals surface area contributed by atoms with E-state index in [1.807, 2.05) is 0 Å². The van der Waals surface area contributed by atoms with Gasteiger partial charge in [-0.05, 0) is 44.6 Å². The van der Waals surface area contributed by atoms with Crippen LogP contribution in [0.15, 0.2) is 18.2 Å². The summed E-state index contributed by atoms with van der Waals surface area (Å²) in [7, 11) is 0. The molecule has 1 saturated carbocycles. The fraction of sp³-hybridized carbons (Fsp3) is 0.625. The zero-order chi connectivity index (χ0) is 12.3. The minimum absolute atomic E-state index is 0.438. The van der Waals surface area contributed by atoms with Crippen molar-refractivity contribution >= 4 is 0 Å². The van der Waals surface area contributed by atoms with Crippen LogP contribution in [-0.4, -0.2) is 6.04 Å². The first-order valence-electron chi connectivity index (χ1n) is 6.96. The van der Waals surface area contributed by atoms with Gasteiger partial charge in [0.1, 0.15) is 0 Å². The van der Waals surface area contributed by atoms with E-state index in [4.69, 9.17) is 5.73 Å². The predicted octanol–water partition coefficient (Wildman–Crippen LogP) is 3.75. The second-order valence-electron chi connectivity index (χ2n) is 5.85. The van der Waals surface area contributed by atoms with E-state index >= 15 is 0 Å². The van der Waals surface area contributed by atoms with Gasteiger partial charge in [-0.3, -0.25) is 0 Å². The SMILES string of the molecule is Cc1cc(C)cc(CC2CCCCC(N)C2)c1. The van der Waals surface area contributed by atoms with Gasteiger partial charge < -0.3 is 5.73 Å². The van der Waals surface area contributed by atoms with Gasteiger partial charge in [0.05, 0.1) is 0 Å². The van der Waals surface area contributed by atoms with Crippen molar-refractivity contribution in [3.63, 3.8) is 0 Å². The van der Waals surface area contributed by atoms with Gasteiger partial charge in [-0.25, -0.2) is 0 Å². The van der Waals surface area contributed by atoms with Gasteiger partial charge in [-0.2, -0.15) is 0 Å². The number of hydrogen-bond donors (Lipinski definition) is 1. The van der Waals surface area contributed by atoms with E-state index in [0.717, 1.165) is 5.92 Å². The maximum absolute atomic E-state index is 6.14. The third-order valence-electron chi connectivity index (χ3n) is 3.88. The van der Waals surface area contributed by atoms with Gasteiger partial charge in [-0.15, -0.1) is 0 Å². The summed E-state index contributed by atoms with van der Waals surface area (Å²) in [6.45, 7) is 4.38. The average molecular weight is 231 g/mol. The lowest BCUT2D eigenvalue weighted by Crippen LogP contribution is -2.22. The van der Waals surface area contributed by atoms with Crippen LogP contribution in [0.4, 0.5) is 0 Å². The number of nitrogens with two attached hydrogens (primary N) is 1. The standard InChI is InChI=1S/C16H25N/c1-12-7-13(2)9-15(8-12)10-14-5-3-4-6-16(17)11-14/h7-9,14,16H,3-6,10-11,17H2,1-2H3. The molecule has 0 aliphatic heterocycles. The molecule has 2 N–H and O–H groups in total. The van der Waals surface area contributed by atoms with Crippen molar-refractivity contribution in [2.75, 3.05) is 0 Å². The molecule has 0 aromatic heterocycles. The van der Waals surface area contributed by atoms with Crippen LogP contribution in [0.2, 0.25) is 0 Å². The zero-order valence-corrected chi connectivity index (χ0v) is 11.2. The van der Waals surface area contributed by atoms with Crippen molar-refractivity contribution in [2.24, 2.45) is 11.7 Å². The smallest absolute Gasteiger partial charge is 0.00415 e. The summed E-state index contributed by atoms with van der Waals surface area (Å²) in [5.74, 6) is 0.800. The van der Waals surface area contributed by atoms with E-state index < -0.39 is 0 Å². The van der Waals surface area contributed by atoms with E-state index in [0.29, 0.717) is 6.04 Å². The minimum Gasteiger partial charge on any atom is -0.328 e. The molecule has 1 aromatic rings. The van der Waals surface area contributed by atoms with E-state index in [1.54, 1.807) is 0 Å². The van der Waals surface area contributed by atoms with Crippen LogP contribution in [-0.2, 0) is 6.42 Å². The van der Waals surface area contributed by atoms with Crippen LogP contribution < -0.4 is 5.73 Å². The topological polar surface area (TPSA) is 26.0 Å². The Hall–Kier alpha value is -0.820. The van der Waals surface area contributed by atoms with Crippen molar-refractivity contribution in [1.82, 2.24) is 0 Å². The molecule has 1 heteroatoms. The Balaban J connectivity index is 2.03. The molecule has 1 aliphatic rings. The second kappa shape index (κ2) is 5.68. The van der Waals surface area contributed by atoms with Gasteiger partial charge in [-0.1, -0.05) is 48.6 Å². The molecule has 1 aliphatic carbocycles. The fourth-order valence-corrected chi connectivity index (χ4v) is 3.21. The summed E-state index contributed by atoms with van der Waals surface area (Å²) in [5.41, 5.74) is 10.4. The third-order valence-corrected chi connectivity index (χ3v) is 3.88. The lowest BCUT2D eigenvalue weighted by molar-refractivity contribution is 0.431. The Morgan fingerprint density at radius 3 is 2.41 bits per heavy atom. The monoisotopic (exact) mass is 231 g/mol. The normalized spacial score (nSPS) is 25.6. The Morgan fingerprint density at radius 1 is 1.06 bits per heavy atom. The van der Waals surface area contributed by atoms with Crippen molar-refractivity contribution in [3.8, 4) is 0 Å². The summed E-state index contributed by atoms with van der Waals surface area (Å²) in [4.78, 5) is 0. The Kier molecular flexibility index (Phi) is 4.22. The molecular formula is C16H25N. The van der Waals surface area contributed by atoms with Crippen molar-refractivity contribution < 1.29 is 0 Å². The highest BCUT2D eigenvalue weighted by atomic mass is 14.6. The van der Waals surface area contributed by atoms with Gasteiger partial charge in [0.25, 0.3) is 0 Å². The number of hydrogen-bond acceptors (Lipinski definition) is 1. The maximum Gasteiger partial charge on any atom is 0.00415 e. The molecule has 1 aromatic carbocycles. The van der Waals surface area contributed by atoms with E-state index in [2.05, 4.69) is 32.0 Å². The summed E-state index contributed by atoms with van der Waals surface area (Å²) < 4.78 is 0. The predicted molar refractivity (Wildman–Crippen MR) is 74.2 cm³/mol. The van der Waals surface area contributed by atoms with Crippen LogP contribution in [0.1, 0.15) is 48.8 Å². The van der Waals surface area contributed by atoms with Crippen molar-refractivity contribution in [3.05, 3.63) is 34.9 Å². The molecule has 2 atom stereocenters. The minimum atomic E-state index is 0.438. The van der Waals surface area contributed by atoms with Crippen LogP contribution >= 0.6 is 0 Å². The van der Waals surface area contributed by atoms with E-state index in [1.165, 1.54) is 55.2 Å². The number of rotatable bonds is 2. The van der Waals surface area contributed by atoms with Crippen molar-refractivity contribution in [2.45, 2.75) is 58.4 Å². The second-order valence-corrected chi connectivity index (χ2v) is 5.85.